The Hall–Kier alpha value is -2.04. The summed E-state index contributed by atoms with van der Waals surface area (Å²) >= 11 is 0. The van der Waals surface area contributed by atoms with Crippen LogP contribution >= 0.6 is 0 Å². The van der Waals surface area contributed by atoms with Gasteiger partial charge in [0.05, 0.1) is 13.2 Å². The molecule has 2 N–H and O–H groups in total. The Bertz CT molecular complexity index is 300. The fourth-order valence-corrected chi connectivity index (χ4v) is 0.490. The zero-order valence-electron chi connectivity index (χ0n) is 11.7. The van der Waals surface area contributed by atoms with Gasteiger partial charge in [-0.05, 0) is 0 Å². The molecule has 0 aliphatic carbocycles. The SMILES string of the molecule is C.C=CC(=O)OCCO.C=CC(=O)OCCOC.O=BOO.[HH]. The van der Waals surface area contributed by atoms with E-state index in [4.69, 9.17) is 15.1 Å². The molecule has 0 bridgehead atoms. The van der Waals surface area contributed by atoms with Crippen LogP contribution in [0.25, 0.3) is 0 Å². The van der Waals surface area contributed by atoms with E-state index in [0.29, 0.717) is 13.2 Å². The molecule has 0 atom stereocenters. The van der Waals surface area contributed by atoms with Gasteiger partial charge in [-0.3, -0.25) is 0 Å². The van der Waals surface area contributed by atoms with Crippen molar-refractivity contribution >= 4 is 19.3 Å². The molecule has 0 aromatic heterocycles. The summed E-state index contributed by atoms with van der Waals surface area (Å²) in [6.45, 7) is 7.01. The first-order chi connectivity index (χ1) is 10.0. The molecule has 0 radical (unpaired) electrons. The van der Waals surface area contributed by atoms with E-state index in [-0.39, 0.29) is 29.4 Å². The second-order valence-electron chi connectivity index (χ2n) is 2.66. The molecule has 0 aromatic carbocycles. The molecule has 0 heterocycles. The number of carbonyl (C=O) groups is 2. The third kappa shape index (κ3) is 36.1. The average molecular weight is 324 g/mol. The Morgan fingerprint density at radius 1 is 1.14 bits per heavy atom. The van der Waals surface area contributed by atoms with Crippen LogP contribution < -0.4 is 0 Å². The van der Waals surface area contributed by atoms with Gasteiger partial charge in [0, 0.05) is 20.7 Å². The molecule has 0 aromatic rings. The van der Waals surface area contributed by atoms with E-state index < -0.39 is 11.9 Å². The maximum absolute atomic E-state index is 10.3. The van der Waals surface area contributed by atoms with Gasteiger partial charge in [-0.15, -0.1) is 0 Å². The van der Waals surface area contributed by atoms with E-state index in [1.165, 1.54) is 0 Å². The van der Waals surface area contributed by atoms with Gasteiger partial charge < -0.3 is 19.3 Å². The van der Waals surface area contributed by atoms with E-state index in [9.17, 15) is 9.59 Å². The van der Waals surface area contributed by atoms with Crippen LogP contribution in [0.5, 0.6) is 0 Å². The number of esters is 2. The quantitative estimate of drug-likeness (QED) is 0.163. The molecule has 0 fully saturated rings. The first-order valence-electron chi connectivity index (χ1n) is 5.45. The van der Waals surface area contributed by atoms with E-state index in [1.54, 1.807) is 7.11 Å². The molecule has 0 rings (SSSR count). The summed E-state index contributed by atoms with van der Waals surface area (Å²) < 4.78 is 22.2. The van der Waals surface area contributed by atoms with Crippen molar-refractivity contribution in [2.45, 2.75) is 7.43 Å². The number of aliphatic hydroxyl groups is 1. The molecular formula is C12H25BO9. The Balaban J connectivity index is -0.0000000718. The van der Waals surface area contributed by atoms with Crippen molar-refractivity contribution in [2.75, 3.05) is 33.5 Å². The first kappa shape index (κ1) is 28.2. The molecule has 9 nitrogen and oxygen atoms in total. The normalized spacial score (nSPS) is 7.23. The molecule has 130 valence electrons. The van der Waals surface area contributed by atoms with Gasteiger partial charge in [0.25, 0.3) is 0 Å². The van der Waals surface area contributed by atoms with Gasteiger partial charge >= 0.3 is 34.1 Å². The van der Waals surface area contributed by atoms with Crippen molar-refractivity contribution in [3.05, 3.63) is 25.3 Å². The molecule has 0 amide bonds. The monoisotopic (exact) mass is 324 g/mol. The maximum atomic E-state index is 10.3. The predicted octanol–water partition coefficient (Wildman–Crippen LogP) is 0.393. The second-order valence-corrected chi connectivity index (χ2v) is 2.66. The molecule has 0 aliphatic rings. The predicted molar refractivity (Wildman–Crippen MR) is 80.3 cm³/mol. The fraction of sp³-hybridized carbons (Fsp3) is 0.500. The summed E-state index contributed by atoms with van der Waals surface area (Å²) in [5.41, 5.74) is 0. The van der Waals surface area contributed by atoms with Crippen molar-refractivity contribution in [3.8, 4) is 0 Å². The zero-order chi connectivity index (χ0) is 16.9. The number of ether oxygens (including phenoxy) is 3. The molecule has 0 spiro atoms. The minimum Gasteiger partial charge on any atom is 0 e. The number of carbonyl (C=O) groups excluding carboxylic acids is 2. The topological polar surface area (TPSA) is 129 Å². The summed E-state index contributed by atoms with van der Waals surface area (Å²) in [5, 5.41) is 15.1. The Kier molecular flexibility index (Phi) is 35.0. The van der Waals surface area contributed by atoms with Gasteiger partial charge in [-0.2, -0.15) is 0 Å². The molecule has 22 heavy (non-hydrogen) atoms. The molecule has 0 saturated carbocycles. The van der Waals surface area contributed by atoms with E-state index in [2.05, 4.69) is 32.2 Å². The second kappa shape index (κ2) is 27.3. The van der Waals surface area contributed by atoms with Gasteiger partial charge in [0.2, 0.25) is 0 Å². The van der Waals surface area contributed by atoms with Crippen LogP contribution in [-0.2, 0) is 33.3 Å². The van der Waals surface area contributed by atoms with Gasteiger partial charge in [-0.1, -0.05) is 20.6 Å². The van der Waals surface area contributed by atoms with Crippen LogP contribution in [0, 0.1) is 0 Å². The van der Waals surface area contributed by atoms with Gasteiger partial charge in [0.1, 0.15) is 13.2 Å². The number of methoxy groups -OCH3 is 1. The number of hydrogen-bond acceptors (Lipinski definition) is 9. The third-order valence-corrected chi connectivity index (χ3v) is 1.24. The van der Waals surface area contributed by atoms with Crippen LogP contribution in [0.2, 0.25) is 0 Å². The average Bonchev–Trinajstić information content (AvgIpc) is 2.53. The van der Waals surface area contributed by atoms with Gasteiger partial charge in [0.15, 0.2) is 0 Å². The largest absolute Gasteiger partial charge is 0 e. The number of hydrogen-bond donors (Lipinski definition) is 2. The first-order valence-corrected chi connectivity index (χ1v) is 5.45. The summed E-state index contributed by atoms with van der Waals surface area (Å²) in [6.07, 6.45) is 2.17. The van der Waals surface area contributed by atoms with Crippen LogP contribution in [0.3, 0.4) is 0 Å². The van der Waals surface area contributed by atoms with Crippen LogP contribution in [0.1, 0.15) is 8.85 Å². The standard InChI is InChI=1S/C6H10O3.C5H8O3.CH4.BHO3.H2/c1-3-6(7)9-5-4-8-2;1-2-5(7)8-4-3-6;;2-1-4-3;/h3H,1,4-5H2,2H3;2,6H,1,3-4H2;1H4;3H;1H. The maximum Gasteiger partial charge on any atom is 0 e. The number of rotatable bonds is 8. The summed E-state index contributed by atoms with van der Waals surface area (Å²) in [6, 6.07) is 0. The molecule has 0 unspecified atom stereocenters. The van der Waals surface area contributed by atoms with Gasteiger partial charge in [-0.25, -0.2) is 9.59 Å². The van der Waals surface area contributed by atoms with Crippen molar-refractivity contribution < 1.29 is 45.1 Å². The Labute approximate surface area is 131 Å². The zero-order valence-corrected chi connectivity index (χ0v) is 11.7. The molecular weight excluding hydrogens is 299 g/mol. The van der Waals surface area contributed by atoms with E-state index >= 15 is 0 Å². The van der Waals surface area contributed by atoms with Crippen LogP contribution in [-0.4, -0.2) is 63.2 Å². The molecule has 0 saturated heterocycles. The van der Waals surface area contributed by atoms with Crippen molar-refractivity contribution in [2.24, 2.45) is 0 Å². The smallest absolute Gasteiger partial charge is 0 e. The van der Waals surface area contributed by atoms with Crippen molar-refractivity contribution in [3.63, 3.8) is 0 Å². The summed E-state index contributed by atoms with van der Waals surface area (Å²) in [5.74, 6) is -0.911. The summed E-state index contributed by atoms with van der Waals surface area (Å²) in [4.78, 5) is 23.3. The van der Waals surface area contributed by atoms with Crippen molar-refractivity contribution in [1.82, 2.24) is 0 Å². The van der Waals surface area contributed by atoms with E-state index in [0.717, 1.165) is 12.2 Å². The Morgan fingerprint density at radius 2 is 1.55 bits per heavy atom. The number of aliphatic hydroxyl groups excluding tert-OH is 1. The molecule has 0 aliphatic heterocycles. The Morgan fingerprint density at radius 3 is 1.82 bits per heavy atom. The van der Waals surface area contributed by atoms with Crippen LogP contribution in [0.15, 0.2) is 25.3 Å². The molecule has 10 heteroatoms. The van der Waals surface area contributed by atoms with Crippen LogP contribution in [0.4, 0.5) is 0 Å². The summed E-state index contributed by atoms with van der Waals surface area (Å²) in [7, 11) is 1.47. The minimum absolute atomic E-state index is 0. The minimum atomic E-state index is -0.501. The third-order valence-electron chi connectivity index (χ3n) is 1.24. The van der Waals surface area contributed by atoms with Crippen molar-refractivity contribution in [1.29, 1.82) is 0 Å². The fourth-order valence-electron chi connectivity index (χ4n) is 0.490. The van der Waals surface area contributed by atoms with E-state index in [1.807, 2.05) is 0 Å².